The lowest BCUT2D eigenvalue weighted by Crippen LogP contribution is -2.37. The van der Waals surface area contributed by atoms with Crippen LogP contribution in [0.1, 0.15) is 48.6 Å². The number of aryl methyl sites for hydroxylation is 1. The minimum absolute atomic E-state index is 0.0572. The molecule has 1 aliphatic rings. The van der Waals surface area contributed by atoms with Gasteiger partial charge in [-0.2, -0.15) is 0 Å². The van der Waals surface area contributed by atoms with Crippen molar-refractivity contribution < 1.29 is 4.79 Å². The first-order valence-electron chi connectivity index (χ1n) is 8.50. The Morgan fingerprint density at radius 2 is 1.96 bits per heavy atom. The second kappa shape index (κ2) is 6.99. The molecule has 1 aliphatic carbocycles. The molecule has 5 nitrogen and oxygen atoms in total. The van der Waals surface area contributed by atoms with E-state index in [0.717, 1.165) is 11.4 Å². The number of nitrogens with zero attached hydrogens (tertiary/aromatic N) is 3. The van der Waals surface area contributed by atoms with Crippen molar-refractivity contribution in [3.63, 3.8) is 0 Å². The van der Waals surface area contributed by atoms with Crippen molar-refractivity contribution in [3.05, 3.63) is 53.5 Å². The van der Waals surface area contributed by atoms with E-state index in [9.17, 15) is 4.79 Å². The highest BCUT2D eigenvalue weighted by Gasteiger charge is 2.24. The first-order valence-corrected chi connectivity index (χ1v) is 8.50. The van der Waals surface area contributed by atoms with E-state index >= 15 is 0 Å². The molecule has 0 atom stereocenters. The smallest absolute Gasteiger partial charge is 0.273 e. The fourth-order valence-corrected chi connectivity index (χ4v) is 2.60. The van der Waals surface area contributed by atoms with Crippen molar-refractivity contribution in [3.8, 4) is 0 Å². The molecule has 1 amide bonds. The maximum atomic E-state index is 13.0. The molecular formula is C19H24N4O. The van der Waals surface area contributed by atoms with Gasteiger partial charge in [0.1, 0.15) is 17.3 Å². The predicted octanol–water partition coefficient (Wildman–Crippen LogP) is 3.41. The predicted molar refractivity (Wildman–Crippen MR) is 94.9 cm³/mol. The van der Waals surface area contributed by atoms with Gasteiger partial charge in [0.25, 0.3) is 5.91 Å². The van der Waals surface area contributed by atoms with Gasteiger partial charge in [-0.3, -0.25) is 4.79 Å². The Morgan fingerprint density at radius 3 is 2.58 bits per heavy atom. The van der Waals surface area contributed by atoms with Crippen LogP contribution in [0.4, 0.5) is 5.82 Å². The quantitative estimate of drug-likeness (QED) is 0.884. The Balaban J connectivity index is 1.82. The fourth-order valence-electron chi connectivity index (χ4n) is 2.60. The van der Waals surface area contributed by atoms with Gasteiger partial charge in [0.05, 0.1) is 0 Å². The SMILES string of the molecule is Cc1nc(NC2CC2)cc(C(=O)N(Cc2ccccc2)C(C)C)n1. The van der Waals surface area contributed by atoms with Gasteiger partial charge in [0, 0.05) is 24.7 Å². The summed E-state index contributed by atoms with van der Waals surface area (Å²) in [7, 11) is 0. The lowest BCUT2D eigenvalue weighted by molar-refractivity contribution is 0.0684. The topological polar surface area (TPSA) is 58.1 Å². The van der Waals surface area contributed by atoms with E-state index in [4.69, 9.17) is 0 Å². The van der Waals surface area contributed by atoms with Gasteiger partial charge in [0.2, 0.25) is 0 Å². The number of benzene rings is 1. The zero-order valence-electron chi connectivity index (χ0n) is 14.5. The number of hydrogen-bond donors (Lipinski definition) is 1. The molecule has 24 heavy (non-hydrogen) atoms. The highest BCUT2D eigenvalue weighted by molar-refractivity contribution is 5.93. The summed E-state index contributed by atoms with van der Waals surface area (Å²) in [6.45, 7) is 6.45. The minimum atomic E-state index is -0.0572. The monoisotopic (exact) mass is 324 g/mol. The summed E-state index contributed by atoms with van der Waals surface area (Å²) in [6, 6.07) is 12.4. The first-order chi connectivity index (χ1) is 11.5. The fraction of sp³-hybridized carbons (Fsp3) is 0.421. The average molecular weight is 324 g/mol. The van der Waals surface area contributed by atoms with E-state index in [-0.39, 0.29) is 11.9 Å². The molecule has 1 aromatic carbocycles. The number of amides is 1. The van der Waals surface area contributed by atoms with Crippen LogP contribution in [0.2, 0.25) is 0 Å². The van der Waals surface area contributed by atoms with Gasteiger partial charge >= 0.3 is 0 Å². The molecule has 1 N–H and O–H groups in total. The number of rotatable bonds is 6. The third-order valence-corrected chi connectivity index (χ3v) is 4.07. The summed E-state index contributed by atoms with van der Waals surface area (Å²) < 4.78 is 0. The van der Waals surface area contributed by atoms with E-state index in [2.05, 4.69) is 15.3 Å². The lowest BCUT2D eigenvalue weighted by atomic mass is 10.1. The summed E-state index contributed by atoms with van der Waals surface area (Å²) in [5.74, 6) is 1.31. The number of carbonyl (C=O) groups is 1. The zero-order chi connectivity index (χ0) is 17.1. The van der Waals surface area contributed by atoms with E-state index in [1.807, 2.05) is 56.0 Å². The van der Waals surface area contributed by atoms with Gasteiger partial charge in [-0.1, -0.05) is 30.3 Å². The van der Waals surface area contributed by atoms with Crippen LogP contribution in [-0.4, -0.2) is 32.9 Å². The molecule has 0 radical (unpaired) electrons. The number of hydrogen-bond acceptors (Lipinski definition) is 4. The van der Waals surface area contributed by atoms with Crippen LogP contribution in [0, 0.1) is 6.92 Å². The van der Waals surface area contributed by atoms with Gasteiger partial charge < -0.3 is 10.2 Å². The summed E-state index contributed by atoms with van der Waals surface area (Å²) in [5.41, 5.74) is 1.57. The van der Waals surface area contributed by atoms with Crippen LogP contribution >= 0.6 is 0 Å². The average Bonchev–Trinajstić information content (AvgIpc) is 3.36. The van der Waals surface area contributed by atoms with Gasteiger partial charge in [-0.25, -0.2) is 9.97 Å². The van der Waals surface area contributed by atoms with Crippen molar-refractivity contribution in [1.82, 2.24) is 14.9 Å². The summed E-state index contributed by atoms with van der Waals surface area (Å²) in [5, 5.41) is 3.35. The van der Waals surface area contributed by atoms with Crippen molar-refractivity contribution >= 4 is 11.7 Å². The molecular weight excluding hydrogens is 300 g/mol. The lowest BCUT2D eigenvalue weighted by Gasteiger charge is -2.26. The summed E-state index contributed by atoms with van der Waals surface area (Å²) in [6.07, 6.45) is 2.33. The Bertz CT molecular complexity index is 711. The number of aromatic nitrogens is 2. The molecule has 1 heterocycles. The van der Waals surface area contributed by atoms with Crippen molar-refractivity contribution in [1.29, 1.82) is 0 Å². The molecule has 0 spiro atoms. The van der Waals surface area contributed by atoms with E-state index in [1.54, 1.807) is 6.07 Å². The third kappa shape index (κ3) is 4.10. The van der Waals surface area contributed by atoms with E-state index < -0.39 is 0 Å². The van der Waals surface area contributed by atoms with Crippen molar-refractivity contribution in [2.45, 2.75) is 52.2 Å². The Labute approximate surface area is 143 Å². The number of nitrogens with one attached hydrogen (secondary N) is 1. The van der Waals surface area contributed by atoms with Crippen LogP contribution in [-0.2, 0) is 6.54 Å². The minimum Gasteiger partial charge on any atom is -0.367 e. The highest BCUT2D eigenvalue weighted by atomic mass is 16.2. The summed E-state index contributed by atoms with van der Waals surface area (Å²) in [4.78, 5) is 23.6. The van der Waals surface area contributed by atoms with Crippen LogP contribution in [0.3, 0.4) is 0 Å². The second-order valence-corrected chi connectivity index (χ2v) is 6.62. The molecule has 0 unspecified atom stereocenters. The van der Waals surface area contributed by atoms with Crippen LogP contribution < -0.4 is 5.32 Å². The number of carbonyl (C=O) groups excluding carboxylic acids is 1. The van der Waals surface area contributed by atoms with Crippen LogP contribution in [0.15, 0.2) is 36.4 Å². The van der Waals surface area contributed by atoms with E-state index in [1.165, 1.54) is 12.8 Å². The standard InChI is InChI=1S/C19H24N4O/c1-13(2)23(12-15-7-5-4-6-8-15)19(24)17-11-18(21-14(3)20-17)22-16-9-10-16/h4-8,11,13,16H,9-10,12H2,1-3H3,(H,20,21,22). The van der Waals surface area contributed by atoms with E-state index in [0.29, 0.717) is 24.1 Å². The third-order valence-electron chi connectivity index (χ3n) is 4.07. The molecule has 3 rings (SSSR count). The molecule has 1 saturated carbocycles. The van der Waals surface area contributed by atoms with Gasteiger partial charge in [-0.05, 0) is 39.2 Å². The Kier molecular flexibility index (Phi) is 4.79. The Hall–Kier alpha value is -2.43. The first kappa shape index (κ1) is 16.4. The van der Waals surface area contributed by atoms with Crippen LogP contribution in [0.5, 0.6) is 0 Å². The zero-order valence-corrected chi connectivity index (χ0v) is 14.5. The van der Waals surface area contributed by atoms with Crippen LogP contribution in [0.25, 0.3) is 0 Å². The molecule has 5 heteroatoms. The molecule has 0 bridgehead atoms. The molecule has 126 valence electrons. The molecule has 0 aliphatic heterocycles. The molecule has 2 aromatic rings. The highest BCUT2D eigenvalue weighted by Crippen LogP contribution is 2.24. The molecule has 1 fully saturated rings. The maximum Gasteiger partial charge on any atom is 0.273 e. The second-order valence-electron chi connectivity index (χ2n) is 6.62. The number of anilines is 1. The van der Waals surface area contributed by atoms with Crippen molar-refractivity contribution in [2.24, 2.45) is 0 Å². The maximum absolute atomic E-state index is 13.0. The molecule has 1 aromatic heterocycles. The van der Waals surface area contributed by atoms with Gasteiger partial charge in [0.15, 0.2) is 0 Å². The van der Waals surface area contributed by atoms with Gasteiger partial charge in [-0.15, -0.1) is 0 Å². The van der Waals surface area contributed by atoms with Crippen molar-refractivity contribution in [2.75, 3.05) is 5.32 Å². The summed E-state index contributed by atoms with van der Waals surface area (Å²) >= 11 is 0. The Morgan fingerprint density at radius 1 is 1.25 bits per heavy atom. The molecule has 0 saturated heterocycles. The largest absolute Gasteiger partial charge is 0.367 e. The normalized spacial score (nSPS) is 13.8.